The van der Waals surface area contributed by atoms with Crippen molar-refractivity contribution in [2.75, 3.05) is 26.2 Å². The van der Waals surface area contributed by atoms with E-state index in [1.807, 2.05) is 0 Å². The molecule has 0 bridgehead atoms. The van der Waals surface area contributed by atoms with Crippen LogP contribution in [0, 0.1) is 0 Å². The molecule has 2 unspecified atom stereocenters. The van der Waals surface area contributed by atoms with Crippen molar-refractivity contribution in [3.63, 3.8) is 0 Å². The lowest BCUT2D eigenvalue weighted by Crippen LogP contribution is -2.47. The molecule has 0 amide bonds. The molecule has 2 heterocycles. The number of nitrogens with one attached hydrogen (secondary N) is 1. The molecule has 3 heteroatoms. The Morgan fingerprint density at radius 3 is 2.94 bits per heavy atom. The average Bonchev–Trinajstić information content (AvgIpc) is 2.72. The lowest BCUT2D eigenvalue weighted by molar-refractivity contribution is 0.0175. The molecule has 1 N–H and O–H groups in total. The Labute approximate surface area is 96.4 Å². The van der Waals surface area contributed by atoms with E-state index in [1.165, 1.54) is 5.56 Å². The van der Waals surface area contributed by atoms with E-state index in [1.54, 1.807) is 0 Å². The van der Waals surface area contributed by atoms with Crippen molar-refractivity contribution in [3.8, 4) is 0 Å². The van der Waals surface area contributed by atoms with E-state index in [2.05, 4.69) is 40.5 Å². The molecule has 0 aliphatic carbocycles. The van der Waals surface area contributed by atoms with E-state index in [9.17, 15) is 0 Å². The van der Waals surface area contributed by atoms with Crippen molar-refractivity contribution in [3.05, 3.63) is 35.9 Å². The summed E-state index contributed by atoms with van der Waals surface area (Å²) < 4.78 is 5.77. The molecular weight excluding hydrogens is 200 g/mol. The lowest BCUT2D eigenvalue weighted by atomic mass is 10.2. The second-order valence-corrected chi connectivity index (χ2v) is 4.65. The third kappa shape index (κ3) is 2.12. The predicted molar refractivity (Wildman–Crippen MR) is 63.2 cm³/mol. The average molecular weight is 218 g/mol. The molecule has 86 valence electrons. The fourth-order valence-electron chi connectivity index (χ4n) is 2.64. The first kappa shape index (κ1) is 10.3. The molecule has 2 aliphatic heterocycles. The van der Waals surface area contributed by atoms with Crippen LogP contribution in [0.4, 0.5) is 0 Å². The van der Waals surface area contributed by atoms with Gasteiger partial charge in [0.15, 0.2) is 0 Å². The van der Waals surface area contributed by atoms with Crippen molar-refractivity contribution in [2.24, 2.45) is 0 Å². The first-order valence-corrected chi connectivity index (χ1v) is 6.03. The van der Waals surface area contributed by atoms with Crippen LogP contribution in [-0.4, -0.2) is 43.3 Å². The monoisotopic (exact) mass is 218 g/mol. The van der Waals surface area contributed by atoms with Crippen LogP contribution in [0.3, 0.4) is 0 Å². The Bertz CT molecular complexity index is 327. The smallest absolute Gasteiger partial charge is 0.0867 e. The summed E-state index contributed by atoms with van der Waals surface area (Å²) in [6.45, 7) is 5.08. The summed E-state index contributed by atoms with van der Waals surface area (Å²) in [4.78, 5) is 2.48. The van der Waals surface area contributed by atoms with E-state index in [0.717, 1.165) is 32.8 Å². The molecule has 2 aliphatic rings. The highest BCUT2D eigenvalue weighted by atomic mass is 16.5. The molecule has 2 fully saturated rings. The van der Waals surface area contributed by atoms with Gasteiger partial charge in [-0.3, -0.25) is 4.90 Å². The summed E-state index contributed by atoms with van der Waals surface area (Å²) in [7, 11) is 0. The maximum Gasteiger partial charge on any atom is 0.0867 e. The Morgan fingerprint density at radius 1 is 1.25 bits per heavy atom. The molecule has 3 nitrogen and oxygen atoms in total. The van der Waals surface area contributed by atoms with Gasteiger partial charge in [0, 0.05) is 32.2 Å². The number of rotatable bonds is 2. The molecule has 16 heavy (non-hydrogen) atoms. The van der Waals surface area contributed by atoms with Crippen LogP contribution >= 0.6 is 0 Å². The summed E-state index contributed by atoms with van der Waals surface area (Å²) in [6, 6.07) is 11.2. The summed E-state index contributed by atoms with van der Waals surface area (Å²) in [6.07, 6.45) is 0.400. The third-order valence-electron chi connectivity index (χ3n) is 3.43. The molecule has 1 aromatic rings. The highest BCUT2D eigenvalue weighted by molar-refractivity contribution is 5.15. The Morgan fingerprint density at radius 2 is 2.12 bits per heavy atom. The molecule has 0 radical (unpaired) electrons. The van der Waals surface area contributed by atoms with E-state index >= 15 is 0 Å². The highest BCUT2D eigenvalue weighted by Crippen LogP contribution is 2.18. The van der Waals surface area contributed by atoms with Crippen molar-refractivity contribution < 1.29 is 4.74 Å². The second kappa shape index (κ2) is 4.53. The SMILES string of the molecule is c1ccc(CN2CC3NCCOC3C2)cc1. The van der Waals surface area contributed by atoms with Gasteiger partial charge in [-0.2, -0.15) is 0 Å². The fraction of sp³-hybridized carbons (Fsp3) is 0.538. The number of fused-ring (bicyclic) bond motifs is 1. The summed E-state index contributed by atoms with van der Waals surface area (Å²) >= 11 is 0. The van der Waals surface area contributed by atoms with E-state index < -0.39 is 0 Å². The van der Waals surface area contributed by atoms with Gasteiger partial charge in [-0.25, -0.2) is 0 Å². The largest absolute Gasteiger partial charge is 0.374 e. The van der Waals surface area contributed by atoms with Crippen LogP contribution in [-0.2, 0) is 11.3 Å². The van der Waals surface area contributed by atoms with Gasteiger partial charge in [0.25, 0.3) is 0 Å². The number of morpholine rings is 1. The topological polar surface area (TPSA) is 24.5 Å². The third-order valence-corrected chi connectivity index (χ3v) is 3.43. The Balaban J connectivity index is 1.61. The standard InChI is InChI=1S/C13H18N2O/c1-2-4-11(5-3-1)8-15-9-12-13(10-15)16-7-6-14-12/h1-5,12-14H,6-10H2. The molecule has 3 rings (SSSR count). The molecular formula is C13H18N2O. The minimum absolute atomic E-state index is 0.400. The van der Waals surface area contributed by atoms with Gasteiger partial charge in [0.05, 0.1) is 12.7 Å². The number of hydrogen-bond donors (Lipinski definition) is 1. The normalized spacial score (nSPS) is 30.2. The second-order valence-electron chi connectivity index (χ2n) is 4.65. The van der Waals surface area contributed by atoms with Gasteiger partial charge in [-0.05, 0) is 5.56 Å². The number of hydrogen-bond acceptors (Lipinski definition) is 3. The predicted octanol–water partition coefficient (Wildman–Crippen LogP) is 0.859. The number of ether oxygens (including phenoxy) is 1. The van der Waals surface area contributed by atoms with Crippen molar-refractivity contribution >= 4 is 0 Å². The van der Waals surface area contributed by atoms with Crippen LogP contribution in [0.1, 0.15) is 5.56 Å². The van der Waals surface area contributed by atoms with Crippen molar-refractivity contribution in [1.29, 1.82) is 0 Å². The molecule has 2 atom stereocenters. The zero-order chi connectivity index (χ0) is 10.8. The first-order valence-electron chi connectivity index (χ1n) is 6.03. The maximum atomic E-state index is 5.77. The highest BCUT2D eigenvalue weighted by Gasteiger charge is 2.34. The van der Waals surface area contributed by atoms with Gasteiger partial charge < -0.3 is 10.1 Å². The fourth-order valence-corrected chi connectivity index (χ4v) is 2.64. The lowest BCUT2D eigenvalue weighted by Gasteiger charge is -2.25. The molecule has 0 aromatic heterocycles. The zero-order valence-corrected chi connectivity index (χ0v) is 9.43. The van der Waals surface area contributed by atoms with Gasteiger partial charge in [0.1, 0.15) is 0 Å². The molecule has 2 saturated heterocycles. The maximum absolute atomic E-state index is 5.77. The van der Waals surface area contributed by atoms with E-state index in [-0.39, 0.29) is 0 Å². The van der Waals surface area contributed by atoms with E-state index in [0.29, 0.717) is 12.1 Å². The van der Waals surface area contributed by atoms with Crippen LogP contribution in [0.5, 0.6) is 0 Å². The molecule has 0 saturated carbocycles. The Kier molecular flexibility index (Phi) is 2.91. The summed E-state index contributed by atoms with van der Waals surface area (Å²) in [5, 5.41) is 3.53. The number of nitrogens with zero attached hydrogens (tertiary/aromatic N) is 1. The summed E-state index contributed by atoms with van der Waals surface area (Å²) in [5.41, 5.74) is 1.39. The number of benzene rings is 1. The first-order chi connectivity index (χ1) is 7.92. The molecule has 0 spiro atoms. The van der Waals surface area contributed by atoms with Crippen molar-refractivity contribution in [1.82, 2.24) is 10.2 Å². The van der Waals surface area contributed by atoms with Crippen LogP contribution in [0.25, 0.3) is 0 Å². The van der Waals surface area contributed by atoms with E-state index in [4.69, 9.17) is 4.74 Å². The zero-order valence-electron chi connectivity index (χ0n) is 9.43. The molecule has 1 aromatic carbocycles. The van der Waals surface area contributed by atoms with Crippen LogP contribution in [0.15, 0.2) is 30.3 Å². The number of likely N-dealkylation sites (tertiary alicyclic amines) is 1. The Hall–Kier alpha value is -0.900. The summed E-state index contributed by atoms with van der Waals surface area (Å²) in [5.74, 6) is 0. The van der Waals surface area contributed by atoms with Gasteiger partial charge >= 0.3 is 0 Å². The van der Waals surface area contributed by atoms with Gasteiger partial charge in [0.2, 0.25) is 0 Å². The van der Waals surface area contributed by atoms with Gasteiger partial charge in [-0.15, -0.1) is 0 Å². The van der Waals surface area contributed by atoms with Gasteiger partial charge in [-0.1, -0.05) is 30.3 Å². The van der Waals surface area contributed by atoms with Crippen LogP contribution < -0.4 is 5.32 Å². The van der Waals surface area contributed by atoms with Crippen LogP contribution in [0.2, 0.25) is 0 Å². The minimum Gasteiger partial charge on any atom is -0.374 e. The quantitative estimate of drug-likeness (QED) is 0.797. The van der Waals surface area contributed by atoms with Crippen molar-refractivity contribution in [2.45, 2.75) is 18.7 Å². The minimum atomic E-state index is 0.400.